The average Bonchev–Trinajstić information content (AvgIpc) is 2.77. The number of nitrogens with one attached hydrogen (secondary N) is 1. The van der Waals surface area contributed by atoms with Crippen LogP contribution in [-0.4, -0.2) is 49.2 Å². The van der Waals surface area contributed by atoms with Crippen LogP contribution in [-0.2, 0) is 9.53 Å². The van der Waals surface area contributed by atoms with Gasteiger partial charge in [0.25, 0.3) is 0 Å². The summed E-state index contributed by atoms with van der Waals surface area (Å²) in [7, 11) is 0. The van der Waals surface area contributed by atoms with Crippen molar-refractivity contribution in [1.82, 2.24) is 10.2 Å². The number of hydrogen-bond acceptors (Lipinski definition) is 4. The van der Waals surface area contributed by atoms with E-state index >= 15 is 0 Å². The predicted molar refractivity (Wildman–Crippen MR) is 62.2 cm³/mol. The Morgan fingerprint density at radius 3 is 2.88 bits per heavy atom. The molecule has 1 unspecified atom stereocenters. The third-order valence-electron chi connectivity index (χ3n) is 3.45. The molecule has 1 amide bonds. The summed E-state index contributed by atoms with van der Waals surface area (Å²) in [5, 5.41) is 12.0. The highest BCUT2D eigenvalue weighted by atomic mass is 16.5. The van der Waals surface area contributed by atoms with Crippen LogP contribution in [0.4, 0.5) is 0 Å². The molecule has 2 aliphatic heterocycles. The molecule has 0 spiro atoms. The largest absolute Gasteiger partial charge is 0.381 e. The Kier molecular flexibility index (Phi) is 4.35. The lowest BCUT2D eigenvalue weighted by atomic mass is 10.1. The van der Waals surface area contributed by atoms with Gasteiger partial charge in [-0.15, -0.1) is 0 Å². The van der Waals surface area contributed by atoms with Gasteiger partial charge in [-0.2, -0.15) is 5.26 Å². The SMILES string of the molecule is N#CC1CCCN1CC(=O)NC1CCOCC1. The highest BCUT2D eigenvalue weighted by Gasteiger charge is 2.26. The number of likely N-dealkylation sites (tertiary alicyclic amines) is 1. The third-order valence-corrected chi connectivity index (χ3v) is 3.45. The van der Waals surface area contributed by atoms with Gasteiger partial charge in [0.15, 0.2) is 0 Å². The van der Waals surface area contributed by atoms with Crippen molar-refractivity contribution < 1.29 is 9.53 Å². The van der Waals surface area contributed by atoms with Crippen LogP contribution in [0.2, 0.25) is 0 Å². The van der Waals surface area contributed by atoms with Crippen LogP contribution in [0.15, 0.2) is 0 Å². The van der Waals surface area contributed by atoms with Gasteiger partial charge in [-0.25, -0.2) is 0 Å². The summed E-state index contributed by atoms with van der Waals surface area (Å²) in [5.41, 5.74) is 0. The number of carbonyl (C=O) groups is 1. The number of amides is 1. The van der Waals surface area contributed by atoms with Gasteiger partial charge in [0.05, 0.1) is 18.7 Å². The topological polar surface area (TPSA) is 65.4 Å². The standard InChI is InChI=1S/C12H19N3O2/c13-8-11-2-1-5-15(11)9-12(16)14-10-3-6-17-7-4-10/h10-11H,1-7,9H2,(H,14,16). The van der Waals surface area contributed by atoms with Crippen LogP contribution in [0, 0.1) is 11.3 Å². The third kappa shape index (κ3) is 3.42. The molecule has 2 rings (SSSR count). The van der Waals surface area contributed by atoms with E-state index in [4.69, 9.17) is 10.00 Å². The zero-order valence-electron chi connectivity index (χ0n) is 10.0. The van der Waals surface area contributed by atoms with Crippen molar-refractivity contribution >= 4 is 5.91 Å². The first-order valence-corrected chi connectivity index (χ1v) is 6.30. The molecular formula is C12H19N3O2. The zero-order chi connectivity index (χ0) is 12.1. The summed E-state index contributed by atoms with van der Waals surface area (Å²) in [5.74, 6) is 0.0408. The first-order valence-electron chi connectivity index (χ1n) is 6.30. The second kappa shape index (κ2) is 5.99. The lowest BCUT2D eigenvalue weighted by Crippen LogP contribution is -2.45. The lowest BCUT2D eigenvalue weighted by molar-refractivity contribution is -0.123. The number of ether oxygens (including phenoxy) is 1. The molecule has 0 radical (unpaired) electrons. The molecule has 94 valence electrons. The van der Waals surface area contributed by atoms with E-state index in [1.807, 2.05) is 4.90 Å². The summed E-state index contributed by atoms with van der Waals surface area (Å²) < 4.78 is 5.24. The minimum atomic E-state index is -0.0737. The van der Waals surface area contributed by atoms with Gasteiger partial charge < -0.3 is 10.1 Å². The number of carbonyl (C=O) groups excluding carboxylic acids is 1. The Balaban J connectivity index is 1.75. The molecule has 0 aliphatic carbocycles. The van der Waals surface area contributed by atoms with Crippen molar-refractivity contribution in [1.29, 1.82) is 5.26 Å². The Morgan fingerprint density at radius 2 is 2.18 bits per heavy atom. The van der Waals surface area contributed by atoms with Crippen LogP contribution < -0.4 is 5.32 Å². The maximum atomic E-state index is 11.8. The molecule has 5 nitrogen and oxygen atoms in total. The van der Waals surface area contributed by atoms with E-state index < -0.39 is 0 Å². The quantitative estimate of drug-likeness (QED) is 0.765. The molecule has 2 fully saturated rings. The van der Waals surface area contributed by atoms with Crippen molar-refractivity contribution in [3.05, 3.63) is 0 Å². The molecule has 5 heteroatoms. The van der Waals surface area contributed by atoms with Crippen LogP contribution in [0.5, 0.6) is 0 Å². The summed E-state index contributed by atoms with van der Waals surface area (Å²) in [6, 6.07) is 2.42. The Bertz CT molecular complexity index is 307. The van der Waals surface area contributed by atoms with Gasteiger partial charge in [0.1, 0.15) is 0 Å². The van der Waals surface area contributed by atoms with Crippen molar-refractivity contribution in [2.24, 2.45) is 0 Å². The summed E-state index contributed by atoms with van der Waals surface area (Å²) in [6.07, 6.45) is 3.70. The first kappa shape index (κ1) is 12.3. The number of rotatable bonds is 3. The molecule has 2 aliphatic rings. The molecule has 0 aromatic heterocycles. The van der Waals surface area contributed by atoms with Gasteiger partial charge in [0, 0.05) is 25.8 Å². The van der Waals surface area contributed by atoms with Crippen molar-refractivity contribution in [3.63, 3.8) is 0 Å². The van der Waals surface area contributed by atoms with Crippen LogP contribution in [0.25, 0.3) is 0 Å². The average molecular weight is 237 g/mol. The summed E-state index contributed by atoms with van der Waals surface area (Å²) in [6.45, 7) is 2.68. The van der Waals surface area contributed by atoms with Crippen LogP contribution in [0.3, 0.4) is 0 Å². The Labute approximate surface area is 102 Å². The van der Waals surface area contributed by atoms with Gasteiger partial charge in [-0.1, -0.05) is 0 Å². The van der Waals surface area contributed by atoms with Crippen molar-refractivity contribution in [2.45, 2.75) is 37.8 Å². The first-order chi connectivity index (χ1) is 8.29. The molecule has 2 heterocycles. The normalized spacial score (nSPS) is 26.6. The minimum Gasteiger partial charge on any atom is -0.381 e. The molecule has 0 aromatic carbocycles. The molecule has 1 N–H and O–H groups in total. The molecule has 17 heavy (non-hydrogen) atoms. The number of nitrogens with zero attached hydrogens (tertiary/aromatic N) is 2. The molecule has 2 saturated heterocycles. The Hall–Kier alpha value is -1.12. The van der Waals surface area contributed by atoms with E-state index in [1.165, 1.54) is 0 Å². The van der Waals surface area contributed by atoms with E-state index in [1.54, 1.807) is 0 Å². The van der Waals surface area contributed by atoms with Crippen LogP contribution >= 0.6 is 0 Å². The van der Waals surface area contributed by atoms with Crippen LogP contribution in [0.1, 0.15) is 25.7 Å². The van der Waals surface area contributed by atoms with E-state index in [-0.39, 0.29) is 18.0 Å². The molecular weight excluding hydrogens is 218 g/mol. The predicted octanol–water partition coefficient (Wildman–Crippen LogP) is 0.270. The maximum absolute atomic E-state index is 11.8. The lowest BCUT2D eigenvalue weighted by Gasteiger charge is -2.25. The zero-order valence-corrected chi connectivity index (χ0v) is 10.0. The minimum absolute atomic E-state index is 0.0408. The smallest absolute Gasteiger partial charge is 0.234 e. The van der Waals surface area contributed by atoms with Gasteiger partial charge in [-0.3, -0.25) is 9.69 Å². The summed E-state index contributed by atoms with van der Waals surface area (Å²) >= 11 is 0. The summed E-state index contributed by atoms with van der Waals surface area (Å²) in [4.78, 5) is 13.8. The maximum Gasteiger partial charge on any atom is 0.234 e. The van der Waals surface area contributed by atoms with Gasteiger partial charge in [0.2, 0.25) is 5.91 Å². The number of nitriles is 1. The Morgan fingerprint density at radius 1 is 1.41 bits per heavy atom. The highest BCUT2D eigenvalue weighted by molar-refractivity contribution is 5.78. The van der Waals surface area contributed by atoms with Crippen molar-refractivity contribution in [2.75, 3.05) is 26.3 Å². The van der Waals surface area contributed by atoms with E-state index in [0.717, 1.165) is 45.4 Å². The monoisotopic (exact) mass is 237 g/mol. The van der Waals surface area contributed by atoms with Crippen molar-refractivity contribution in [3.8, 4) is 6.07 Å². The fraction of sp³-hybridized carbons (Fsp3) is 0.833. The second-order valence-corrected chi connectivity index (χ2v) is 4.71. The molecule has 0 aromatic rings. The molecule has 0 bridgehead atoms. The highest BCUT2D eigenvalue weighted by Crippen LogP contribution is 2.15. The van der Waals surface area contributed by atoms with Gasteiger partial charge in [-0.05, 0) is 25.7 Å². The number of hydrogen-bond donors (Lipinski definition) is 1. The van der Waals surface area contributed by atoms with E-state index in [2.05, 4.69) is 11.4 Å². The van der Waals surface area contributed by atoms with E-state index in [9.17, 15) is 4.79 Å². The van der Waals surface area contributed by atoms with E-state index in [0.29, 0.717) is 6.54 Å². The fourth-order valence-electron chi connectivity index (χ4n) is 2.46. The molecule has 0 saturated carbocycles. The molecule has 1 atom stereocenters. The fourth-order valence-corrected chi connectivity index (χ4v) is 2.46. The van der Waals surface area contributed by atoms with Gasteiger partial charge >= 0.3 is 0 Å². The second-order valence-electron chi connectivity index (χ2n) is 4.71.